The summed E-state index contributed by atoms with van der Waals surface area (Å²) in [6.45, 7) is 3.34. The standard InChI is InChI=1S/C12H19N3O3S/c1-4-15(8-12(16)14-3)19(17,18)11-7-5-6-10(13)9(11)2/h5-7H,4,8,13H2,1-3H3,(H,14,16). The van der Waals surface area contributed by atoms with Gasteiger partial charge in [0.05, 0.1) is 11.4 Å². The molecule has 0 unspecified atom stereocenters. The summed E-state index contributed by atoms with van der Waals surface area (Å²) in [6, 6.07) is 4.72. The number of nitrogens with one attached hydrogen (secondary N) is 1. The van der Waals surface area contributed by atoms with Crippen molar-refractivity contribution in [3.05, 3.63) is 23.8 Å². The Morgan fingerprint density at radius 2 is 2.05 bits per heavy atom. The van der Waals surface area contributed by atoms with E-state index in [0.717, 1.165) is 4.31 Å². The van der Waals surface area contributed by atoms with E-state index >= 15 is 0 Å². The highest BCUT2D eigenvalue weighted by Gasteiger charge is 2.26. The molecular formula is C12H19N3O3S. The quantitative estimate of drug-likeness (QED) is 0.763. The number of benzene rings is 1. The van der Waals surface area contributed by atoms with E-state index in [2.05, 4.69) is 5.32 Å². The molecule has 19 heavy (non-hydrogen) atoms. The molecule has 0 aliphatic rings. The fourth-order valence-corrected chi connectivity index (χ4v) is 3.32. The first-order valence-electron chi connectivity index (χ1n) is 5.90. The van der Waals surface area contributed by atoms with Gasteiger partial charge in [0.2, 0.25) is 15.9 Å². The third-order valence-corrected chi connectivity index (χ3v) is 4.96. The van der Waals surface area contributed by atoms with Gasteiger partial charge in [-0.25, -0.2) is 8.42 Å². The highest BCUT2D eigenvalue weighted by atomic mass is 32.2. The number of amides is 1. The van der Waals surface area contributed by atoms with E-state index in [1.165, 1.54) is 13.1 Å². The highest BCUT2D eigenvalue weighted by Crippen LogP contribution is 2.23. The van der Waals surface area contributed by atoms with E-state index < -0.39 is 10.0 Å². The minimum atomic E-state index is -3.72. The van der Waals surface area contributed by atoms with Crippen molar-refractivity contribution in [1.82, 2.24) is 9.62 Å². The molecule has 0 saturated heterocycles. The van der Waals surface area contributed by atoms with Gasteiger partial charge in [-0.15, -0.1) is 0 Å². The summed E-state index contributed by atoms with van der Waals surface area (Å²) >= 11 is 0. The number of rotatable bonds is 5. The molecule has 1 aromatic carbocycles. The van der Waals surface area contributed by atoms with Crippen LogP contribution in [0.4, 0.5) is 5.69 Å². The van der Waals surface area contributed by atoms with Gasteiger partial charge >= 0.3 is 0 Å². The molecule has 1 rings (SSSR count). The summed E-state index contributed by atoms with van der Waals surface area (Å²) < 4.78 is 26.1. The molecule has 0 fully saturated rings. The largest absolute Gasteiger partial charge is 0.398 e. The zero-order chi connectivity index (χ0) is 14.6. The fourth-order valence-electron chi connectivity index (χ4n) is 1.66. The van der Waals surface area contributed by atoms with Gasteiger partial charge < -0.3 is 11.1 Å². The Kier molecular flexibility index (Phi) is 4.90. The summed E-state index contributed by atoms with van der Waals surface area (Å²) in [5.41, 5.74) is 6.64. The number of sulfonamides is 1. The van der Waals surface area contributed by atoms with Crippen LogP contribution in [0.2, 0.25) is 0 Å². The molecule has 0 bridgehead atoms. The van der Waals surface area contributed by atoms with E-state index in [4.69, 9.17) is 5.73 Å². The molecule has 3 N–H and O–H groups in total. The van der Waals surface area contributed by atoms with Gasteiger partial charge in [-0.05, 0) is 24.6 Å². The van der Waals surface area contributed by atoms with Crippen molar-refractivity contribution in [2.24, 2.45) is 0 Å². The van der Waals surface area contributed by atoms with Crippen LogP contribution in [-0.2, 0) is 14.8 Å². The van der Waals surface area contributed by atoms with Gasteiger partial charge in [0.25, 0.3) is 0 Å². The van der Waals surface area contributed by atoms with Crippen molar-refractivity contribution in [3.63, 3.8) is 0 Å². The van der Waals surface area contributed by atoms with Crippen LogP contribution in [0.1, 0.15) is 12.5 Å². The van der Waals surface area contributed by atoms with Crippen LogP contribution in [-0.4, -0.2) is 38.8 Å². The van der Waals surface area contributed by atoms with Gasteiger partial charge in [-0.1, -0.05) is 13.0 Å². The molecule has 0 heterocycles. The maximum atomic E-state index is 12.5. The third kappa shape index (κ3) is 3.24. The summed E-state index contributed by atoms with van der Waals surface area (Å²) in [7, 11) is -2.25. The molecule has 0 spiro atoms. The van der Waals surface area contributed by atoms with Crippen molar-refractivity contribution in [2.75, 3.05) is 25.9 Å². The van der Waals surface area contributed by atoms with Gasteiger partial charge in [0.1, 0.15) is 0 Å². The highest BCUT2D eigenvalue weighted by molar-refractivity contribution is 7.89. The second-order valence-corrected chi connectivity index (χ2v) is 5.98. The van der Waals surface area contributed by atoms with Crippen LogP contribution in [0.5, 0.6) is 0 Å². The number of likely N-dealkylation sites (N-methyl/N-ethyl adjacent to an activating group) is 2. The van der Waals surface area contributed by atoms with E-state index in [0.29, 0.717) is 11.3 Å². The van der Waals surface area contributed by atoms with E-state index in [1.54, 1.807) is 26.0 Å². The average molecular weight is 285 g/mol. The Hall–Kier alpha value is -1.60. The van der Waals surface area contributed by atoms with Crippen molar-refractivity contribution in [2.45, 2.75) is 18.7 Å². The number of nitrogens with zero attached hydrogens (tertiary/aromatic N) is 1. The predicted octanol–water partition coefficient (Wildman–Crippen LogP) is 0.334. The molecule has 0 radical (unpaired) electrons. The lowest BCUT2D eigenvalue weighted by Crippen LogP contribution is -2.39. The molecule has 7 heteroatoms. The third-order valence-electron chi connectivity index (χ3n) is 2.90. The van der Waals surface area contributed by atoms with E-state index in [1.807, 2.05) is 0 Å². The second-order valence-electron chi connectivity index (χ2n) is 4.07. The number of anilines is 1. The van der Waals surface area contributed by atoms with Crippen molar-refractivity contribution in [3.8, 4) is 0 Å². The molecule has 0 saturated carbocycles. The number of hydrogen-bond acceptors (Lipinski definition) is 4. The lowest BCUT2D eigenvalue weighted by Gasteiger charge is -2.21. The minimum absolute atomic E-state index is 0.137. The SMILES string of the molecule is CCN(CC(=O)NC)S(=O)(=O)c1cccc(N)c1C. The zero-order valence-corrected chi connectivity index (χ0v) is 12.1. The van der Waals surface area contributed by atoms with Crippen LogP contribution in [0.15, 0.2) is 23.1 Å². The number of hydrogen-bond donors (Lipinski definition) is 2. The normalized spacial score (nSPS) is 11.6. The average Bonchev–Trinajstić information content (AvgIpc) is 2.38. The van der Waals surface area contributed by atoms with Gasteiger partial charge in [-0.2, -0.15) is 4.31 Å². The Balaban J connectivity index is 3.21. The van der Waals surface area contributed by atoms with Crippen LogP contribution < -0.4 is 11.1 Å². The Morgan fingerprint density at radius 3 is 2.58 bits per heavy atom. The van der Waals surface area contributed by atoms with Gasteiger partial charge in [-0.3, -0.25) is 4.79 Å². The zero-order valence-electron chi connectivity index (χ0n) is 11.3. The Labute approximate surface area is 113 Å². The second kappa shape index (κ2) is 6.03. The fraction of sp³-hybridized carbons (Fsp3) is 0.417. The monoisotopic (exact) mass is 285 g/mol. The van der Waals surface area contributed by atoms with E-state index in [9.17, 15) is 13.2 Å². The lowest BCUT2D eigenvalue weighted by molar-refractivity contribution is -0.120. The first kappa shape index (κ1) is 15.5. The Morgan fingerprint density at radius 1 is 1.42 bits per heavy atom. The summed E-state index contributed by atoms with van der Waals surface area (Å²) in [4.78, 5) is 11.5. The van der Waals surface area contributed by atoms with Crippen LogP contribution in [0.3, 0.4) is 0 Å². The van der Waals surface area contributed by atoms with Crippen LogP contribution in [0.25, 0.3) is 0 Å². The topological polar surface area (TPSA) is 92.5 Å². The molecule has 1 aromatic rings. The molecule has 106 valence electrons. The molecule has 1 amide bonds. The number of carbonyl (C=O) groups is 1. The molecule has 0 aliphatic heterocycles. The van der Waals surface area contributed by atoms with Crippen LogP contribution in [0, 0.1) is 6.92 Å². The Bertz CT molecular complexity index is 570. The van der Waals surface area contributed by atoms with Crippen LogP contribution >= 0.6 is 0 Å². The predicted molar refractivity (Wildman–Crippen MR) is 74.1 cm³/mol. The number of nitrogen functional groups attached to an aromatic ring is 1. The summed E-state index contributed by atoms with van der Waals surface area (Å²) in [5, 5.41) is 2.41. The molecule has 0 aromatic heterocycles. The van der Waals surface area contributed by atoms with E-state index in [-0.39, 0.29) is 23.9 Å². The lowest BCUT2D eigenvalue weighted by atomic mass is 10.2. The number of carbonyl (C=O) groups excluding carboxylic acids is 1. The molecule has 6 nitrogen and oxygen atoms in total. The van der Waals surface area contributed by atoms with Crippen molar-refractivity contribution in [1.29, 1.82) is 0 Å². The molecular weight excluding hydrogens is 266 g/mol. The minimum Gasteiger partial charge on any atom is -0.398 e. The van der Waals surface area contributed by atoms with Crippen molar-refractivity contribution < 1.29 is 13.2 Å². The smallest absolute Gasteiger partial charge is 0.243 e. The first-order valence-corrected chi connectivity index (χ1v) is 7.34. The van der Waals surface area contributed by atoms with Gasteiger partial charge in [0, 0.05) is 19.3 Å². The number of nitrogens with two attached hydrogens (primary N) is 1. The summed E-state index contributed by atoms with van der Waals surface area (Å²) in [6.07, 6.45) is 0. The first-order chi connectivity index (χ1) is 8.84. The summed E-state index contributed by atoms with van der Waals surface area (Å²) in [5.74, 6) is -0.355. The van der Waals surface area contributed by atoms with Gasteiger partial charge in [0.15, 0.2) is 0 Å². The van der Waals surface area contributed by atoms with Crippen molar-refractivity contribution >= 4 is 21.6 Å². The molecule has 0 aliphatic carbocycles. The maximum Gasteiger partial charge on any atom is 0.243 e. The molecule has 0 atom stereocenters. The maximum absolute atomic E-state index is 12.5.